The van der Waals surface area contributed by atoms with Gasteiger partial charge in [0.1, 0.15) is 0 Å². The topological polar surface area (TPSA) is 28.5 Å². The summed E-state index contributed by atoms with van der Waals surface area (Å²) < 4.78 is 1.90. The summed E-state index contributed by atoms with van der Waals surface area (Å²) >= 11 is 0. The van der Waals surface area contributed by atoms with E-state index in [9.17, 15) is 4.79 Å². The number of rotatable bonds is 3. The van der Waals surface area contributed by atoms with Gasteiger partial charge in [-0.25, -0.2) is 0 Å². The summed E-state index contributed by atoms with van der Waals surface area (Å²) in [6.07, 6.45) is 3.06. The second kappa shape index (κ2) is 5.67. The molecule has 2 rings (SSSR count). The summed E-state index contributed by atoms with van der Waals surface area (Å²) in [5.74, 6) is 0.221. The van der Waals surface area contributed by atoms with Crippen LogP contribution < -0.4 is 0 Å². The molecule has 0 amide bonds. The highest BCUT2D eigenvalue weighted by Crippen LogP contribution is 2.10. The van der Waals surface area contributed by atoms with Gasteiger partial charge in [-0.05, 0) is 39.1 Å². The van der Waals surface area contributed by atoms with Crippen LogP contribution in [0.5, 0.6) is 0 Å². The zero-order chi connectivity index (χ0) is 13.1. The van der Waals surface area contributed by atoms with Gasteiger partial charge in [0.05, 0.1) is 12.2 Å². The summed E-state index contributed by atoms with van der Waals surface area (Å²) in [6.45, 7) is 5.92. The van der Waals surface area contributed by atoms with Crippen molar-refractivity contribution in [3.8, 4) is 0 Å². The van der Waals surface area contributed by atoms with E-state index >= 15 is 0 Å². The quantitative estimate of drug-likeness (QED) is 0.754. The predicted molar refractivity (Wildman–Crippen MR) is 72.9 cm³/mol. The molecule has 0 spiro atoms. The maximum Gasteiger partial charge on any atom is 0.193 e. The molecule has 0 N–H and O–H groups in total. The SMILES string of the molecule is CC1CN(C)CCCN1CC(=O)c1cccn1C. The zero-order valence-corrected chi connectivity index (χ0v) is 11.6. The summed E-state index contributed by atoms with van der Waals surface area (Å²) in [7, 11) is 4.08. The highest BCUT2D eigenvalue weighted by Gasteiger charge is 2.22. The van der Waals surface area contributed by atoms with Gasteiger partial charge in [-0.3, -0.25) is 9.69 Å². The van der Waals surface area contributed by atoms with E-state index in [2.05, 4.69) is 23.8 Å². The Morgan fingerprint density at radius 1 is 1.39 bits per heavy atom. The van der Waals surface area contributed by atoms with Gasteiger partial charge in [-0.1, -0.05) is 0 Å². The molecule has 1 aromatic rings. The third-order valence-electron chi connectivity index (χ3n) is 3.76. The number of likely N-dealkylation sites (N-methyl/N-ethyl adjacent to an activating group) is 1. The first-order valence-corrected chi connectivity index (χ1v) is 6.65. The van der Waals surface area contributed by atoms with Crippen LogP contribution in [-0.4, -0.2) is 59.4 Å². The van der Waals surface area contributed by atoms with Gasteiger partial charge < -0.3 is 9.47 Å². The molecule has 100 valence electrons. The minimum absolute atomic E-state index is 0.221. The molecule has 18 heavy (non-hydrogen) atoms. The minimum Gasteiger partial charge on any atom is -0.348 e. The number of Topliss-reactive ketones (excluding diaryl/α,β-unsaturated/α-hetero) is 1. The number of hydrogen-bond donors (Lipinski definition) is 0. The predicted octanol–water partition coefficient (Wildman–Crippen LogP) is 1.23. The summed E-state index contributed by atoms with van der Waals surface area (Å²) in [5, 5.41) is 0. The number of hydrogen-bond acceptors (Lipinski definition) is 3. The molecule has 4 nitrogen and oxygen atoms in total. The van der Waals surface area contributed by atoms with Crippen molar-refractivity contribution in [1.29, 1.82) is 0 Å². The van der Waals surface area contributed by atoms with Crippen LogP contribution in [0.15, 0.2) is 18.3 Å². The van der Waals surface area contributed by atoms with Gasteiger partial charge in [0.25, 0.3) is 0 Å². The van der Waals surface area contributed by atoms with Crippen LogP contribution in [0.1, 0.15) is 23.8 Å². The number of ketones is 1. The van der Waals surface area contributed by atoms with Crippen LogP contribution in [-0.2, 0) is 7.05 Å². The molecule has 2 heterocycles. The second-order valence-corrected chi connectivity index (χ2v) is 5.36. The molecule has 0 bridgehead atoms. The van der Waals surface area contributed by atoms with Crippen LogP contribution in [0.2, 0.25) is 0 Å². The first kappa shape index (κ1) is 13.3. The molecule has 1 atom stereocenters. The Labute approximate surface area is 109 Å². The lowest BCUT2D eigenvalue weighted by Crippen LogP contribution is -2.41. The molecular weight excluding hydrogens is 226 g/mol. The lowest BCUT2D eigenvalue weighted by atomic mass is 10.2. The maximum absolute atomic E-state index is 12.3. The molecule has 1 aliphatic rings. The van der Waals surface area contributed by atoms with Crippen molar-refractivity contribution in [2.75, 3.05) is 33.2 Å². The summed E-state index contributed by atoms with van der Waals surface area (Å²) in [6, 6.07) is 4.27. The Hall–Kier alpha value is -1.13. The van der Waals surface area contributed by atoms with Crippen molar-refractivity contribution in [3.05, 3.63) is 24.0 Å². The van der Waals surface area contributed by atoms with Crippen molar-refractivity contribution < 1.29 is 4.79 Å². The fraction of sp³-hybridized carbons (Fsp3) is 0.643. The molecule has 1 saturated heterocycles. The van der Waals surface area contributed by atoms with Gasteiger partial charge in [0.2, 0.25) is 0 Å². The lowest BCUT2D eigenvalue weighted by Gasteiger charge is -2.27. The average molecular weight is 249 g/mol. The van der Waals surface area contributed by atoms with E-state index in [-0.39, 0.29) is 5.78 Å². The van der Waals surface area contributed by atoms with E-state index in [1.807, 2.05) is 29.9 Å². The number of carbonyl (C=O) groups excluding carboxylic acids is 1. The molecular formula is C14H23N3O. The monoisotopic (exact) mass is 249 g/mol. The normalized spacial score (nSPS) is 22.9. The molecule has 1 fully saturated rings. The minimum atomic E-state index is 0.221. The Kier molecular flexibility index (Phi) is 4.19. The van der Waals surface area contributed by atoms with Gasteiger partial charge in [-0.15, -0.1) is 0 Å². The Morgan fingerprint density at radius 2 is 2.17 bits per heavy atom. The van der Waals surface area contributed by atoms with E-state index < -0.39 is 0 Å². The van der Waals surface area contributed by atoms with Gasteiger partial charge >= 0.3 is 0 Å². The Morgan fingerprint density at radius 3 is 2.83 bits per heavy atom. The van der Waals surface area contributed by atoms with Gasteiger partial charge in [-0.2, -0.15) is 0 Å². The number of aryl methyl sites for hydroxylation is 1. The van der Waals surface area contributed by atoms with E-state index in [0.29, 0.717) is 12.6 Å². The third-order valence-corrected chi connectivity index (χ3v) is 3.76. The van der Waals surface area contributed by atoms with Crippen LogP contribution in [0, 0.1) is 0 Å². The van der Waals surface area contributed by atoms with Gasteiger partial charge in [0, 0.05) is 32.4 Å². The number of aromatic nitrogens is 1. The van der Waals surface area contributed by atoms with E-state index in [1.54, 1.807) is 0 Å². The Balaban J connectivity index is 2.00. The molecule has 0 aliphatic carbocycles. The van der Waals surface area contributed by atoms with Crippen molar-refractivity contribution in [1.82, 2.24) is 14.4 Å². The van der Waals surface area contributed by atoms with Crippen LogP contribution in [0.4, 0.5) is 0 Å². The van der Waals surface area contributed by atoms with E-state index in [0.717, 1.165) is 31.7 Å². The number of nitrogens with zero attached hydrogens (tertiary/aromatic N) is 3. The average Bonchev–Trinajstić information content (AvgIpc) is 2.67. The highest BCUT2D eigenvalue weighted by molar-refractivity contribution is 5.96. The van der Waals surface area contributed by atoms with Crippen molar-refractivity contribution in [3.63, 3.8) is 0 Å². The standard InChI is InChI=1S/C14H23N3O/c1-12-10-15(2)7-5-9-17(12)11-14(18)13-6-4-8-16(13)3/h4,6,8,12H,5,7,9-11H2,1-3H3. The molecule has 1 aromatic heterocycles. The largest absolute Gasteiger partial charge is 0.348 e. The van der Waals surface area contributed by atoms with E-state index in [1.165, 1.54) is 0 Å². The molecule has 4 heteroatoms. The first-order chi connectivity index (χ1) is 8.58. The molecule has 0 saturated carbocycles. The fourth-order valence-corrected chi connectivity index (χ4v) is 2.67. The van der Waals surface area contributed by atoms with Crippen molar-refractivity contribution >= 4 is 5.78 Å². The Bertz CT molecular complexity index is 413. The molecule has 0 aromatic carbocycles. The van der Waals surface area contributed by atoms with Gasteiger partial charge in [0.15, 0.2) is 5.78 Å². The third kappa shape index (κ3) is 3.00. The fourth-order valence-electron chi connectivity index (χ4n) is 2.67. The summed E-state index contributed by atoms with van der Waals surface area (Å²) in [4.78, 5) is 16.9. The smallest absolute Gasteiger partial charge is 0.193 e. The second-order valence-electron chi connectivity index (χ2n) is 5.36. The maximum atomic E-state index is 12.3. The molecule has 1 aliphatic heterocycles. The van der Waals surface area contributed by atoms with Crippen LogP contribution >= 0.6 is 0 Å². The molecule has 0 radical (unpaired) electrons. The zero-order valence-electron chi connectivity index (χ0n) is 11.6. The summed E-state index contributed by atoms with van der Waals surface area (Å²) in [5.41, 5.74) is 0.805. The lowest BCUT2D eigenvalue weighted by molar-refractivity contribution is 0.0892. The van der Waals surface area contributed by atoms with Crippen LogP contribution in [0.3, 0.4) is 0 Å². The first-order valence-electron chi connectivity index (χ1n) is 6.65. The highest BCUT2D eigenvalue weighted by atomic mass is 16.1. The van der Waals surface area contributed by atoms with Crippen LogP contribution in [0.25, 0.3) is 0 Å². The number of carbonyl (C=O) groups is 1. The van der Waals surface area contributed by atoms with E-state index in [4.69, 9.17) is 0 Å². The molecule has 1 unspecified atom stereocenters. The van der Waals surface area contributed by atoms with Crippen molar-refractivity contribution in [2.24, 2.45) is 7.05 Å². The van der Waals surface area contributed by atoms with Crippen molar-refractivity contribution in [2.45, 2.75) is 19.4 Å².